The van der Waals surface area contributed by atoms with E-state index in [1.54, 1.807) is 6.08 Å². The molecular formula is C14H17NO. The van der Waals surface area contributed by atoms with E-state index in [0.717, 1.165) is 0 Å². The molecule has 0 radical (unpaired) electrons. The molecular weight excluding hydrogens is 198 g/mol. The number of hydrogen-bond donors (Lipinski definition) is 0. The van der Waals surface area contributed by atoms with Crippen LogP contribution in [0.25, 0.3) is 0 Å². The normalized spacial score (nSPS) is 20.6. The molecule has 2 nitrogen and oxygen atoms in total. The van der Waals surface area contributed by atoms with E-state index < -0.39 is 0 Å². The van der Waals surface area contributed by atoms with Gasteiger partial charge in [-0.25, -0.2) is 0 Å². The Morgan fingerprint density at radius 1 is 1.12 bits per heavy atom. The second-order valence-electron chi connectivity index (χ2n) is 5.09. The molecule has 1 heterocycles. The average Bonchev–Trinajstić information content (AvgIpc) is 2.61. The maximum atomic E-state index is 11.8. The predicted molar refractivity (Wildman–Crippen MR) is 64.9 cm³/mol. The number of benzene rings is 1. The molecule has 0 saturated carbocycles. The molecule has 1 atom stereocenters. The van der Waals surface area contributed by atoms with Gasteiger partial charge in [-0.1, -0.05) is 36.4 Å². The van der Waals surface area contributed by atoms with Crippen molar-refractivity contribution in [2.75, 3.05) is 0 Å². The number of nitrogens with zero attached hydrogens (tertiary/aromatic N) is 1. The van der Waals surface area contributed by atoms with Crippen molar-refractivity contribution < 1.29 is 4.79 Å². The van der Waals surface area contributed by atoms with Crippen molar-refractivity contribution in [3.05, 3.63) is 48.0 Å². The minimum atomic E-state index is -0.152. The maximum absolute atomic E-state index is 11.8. The highest BCUT2D eigenvalue weighted by atomic mass is 16.2. The Balaban J connectivity index is 2.35. The Morgan fingerprint density at radius 3 is 2.31 bits per heavy atom. The Labute approximate surface area is 96.6 Å². The summed E-state index contributed by atoms with van der Waals surface area (Å²) in [7, 11) is 0. The zero-order chi connectivity index (χ0) is 11.8. The highest BCUT2D eigenvalue weighted by Gasteiger charge is 2.35. The van der Waals surface area contributed by atoms with Crippen LogP contribution in [0.3, 0.4) is 0 Å². The van der Waals surface area contributed by atoms with Crippen LogP contribution in [-0.2, 0) is 4.79 Å². The Kier molecular flexibility index (Phi) is 2.58. The van der Waals surface area contributed by atoms with Crippen molar-refractivity contribution in [1.29, 1.82) is 0 Å². The van der Waals surface area contributed by atoms with E-state index in [-0.39, 0.29) is 17.5 Å². The third-order valence-electron chi connectivity index (χ3n) is 2.80. The summed E-state index contributed by atoms with van der Waals surface area (Å²) >= 11 is 0. The van der Waals surface area contributed by atoms with Crippen LogP contribution in [0.15, 0.2) is 42.5 Å². The Morgan fingerprint density at radius 2 is 1.75 bits per heavy atom. The maximum Gasteiger partial charge on any atom is 0.247 e. The van der Waals surface area contributed by atoms with Gasteiger partial charge in [0, 0.05) is 11.6 Å². The van der Waals surface area contributed by atoms with Gasteiger partial charge < -0.3 is 4.90 Å². The lowest BCUT2D eigenvalue weighted by atomic mass is 10.00. The second kappa shape index (κ2) is 3.78. The molecule has 0 spiro atoms. The summed E-state index contributed by atoms with van der Waals surface area (Å²) in [6.45, 7) is 6.19. The summed E-state index contributed by atoms with van der Waals surface area (Å²) in [4.78, 5) is 13.8. The predicted octanol–water partition coefficient (Wildman–Crippen LogP) is 2.92. The van der Waals surface area contributed by atoms with Crippen LogP contribution >= 0.6 is 0 Å². The fourth-order valence-electron chi connectivity index (χ4n) is 2.14. The van der Waals surface area contributed by atoms with Crippen LogP contribution < -0.4 is 0 Å². The smallest absolute Gasteiger partial charge is 0.247 e. The summed E-state index contributed by atoms with van der Waals surface area (Å²) in [6.07, 6.45) is 3.64. The quantitative estimate of drug-likeness (QED) is 0.705. The van der Waals surface area contributed by atoms with Gasteiger partial charge in [0.1, 0.15) is 0 Å². The van der Waals surface area contributed by atoms with Crippen LogP contribution in [0.1, 0.15) is 32.4 Å². The SMILES string of the molecule is CC(C)(C)N1C(=O)C=CC1c1ccccc1. The van der Waals surface area contributed by atoms with Crippen LogP contribution in [0.4, 0.5) is 0 Å². The lowest BCUT2D eigenvalue weighted by molar-refractivity contribution is -0.131. The third kappa shape index (κ3) is 1.87. The highest BCUT2D eigenvalue weighted by molar-refractivity contribution is 5.91. The van der Waals surface area contributed by atoms with E-state index in [1.165, 1.54) is 5.56 Å². The molecule has 16 heavy (non-hydrogen) atoms. The molecule has 84 valence electrons. The fourth-order valence-corrected chi connectivity index (χ4v) is 2.14. The van der Waals surface area contributed by atoms with Crippen molar-refractivity contribution in [1.82, 2.24) is 4.90 Å². The topological polar surface area (TPSA) is 20.3 Å². The molecule has 0 aromatic heterocycles. The van der Waals surface area contributed by atoms with E-state index >= 15 is 0 Å². The summed E-state index contributed by atoms with van der Waals surface area (Å²) in [5.41, 5.74) is 1.01. The molecule has 0 aliphatic carbocycles. The third-order valence-corrected chi connectivity index (χ3v) is 2.80. The average molecular weight is 215 g/mol. The van der Waals surface area contributed by atoms with Gasteiger partial charge in [0.2, 0.25) is 5.91 Å². The lowest BCUT2D eigenvalue weighted by Crippen LogP contribution is -2.44. The summed E-state index contributed by atoms with van der Waals surface area (Å²) < 4.78 is 0. The zero-order valence-corrected chi connectivity index (χ0v) is 9.97. The second-order valence-corrected chi connectivity index (χ2v) is 5.09. The lowest BCUT2D eigenvalue weighted by Gasteiger charge is -2.37. The first-order chi connectivity index (χ1) is 7.50. The molecule has 0 fully saturated rings. The largest absolute Gasteiger partial charge is 0.324 e. The molecule has 1 amide bonds. The first-order valence-corrected chi connectivity index (χ1v) is 5.56. The molecule has 0 N–H and O–H groups in total. The Bertz CT molecular complexity index is 414. The van der Waals surface area contributed by atoms with Crippen LogP contribution in [-0.4, -0.2) is 16.3 Å². The monoisotopic (exact) mass is 215 g/mol. The van der Waals surface area contributed by atoms with E-state index in [9.17, 15) is 4.79 Å². The van der Waals surface area contributed by atoms with E-state index in [2.05, 4.69) is 32.9 Å². The van der Waals surface area contributed by atoms with Crippen molar-refractivity contribution in [3.8, 4) is 0 Å². The molecule has 1 aromatic carbocycles. The van der Waals surface area contributed by atoms with Gasteiger partial charge in [0.25, 0.3) is 0 Å². The zero-order valence-electron chi connectivity index (χ0n) is 9.97. The van der Waals surface area contributed by atoms with E-state index in [4.69, 9.17) is 0 Å². The molecule has 0 bridgehead atoms. The molecule has 2 heteroatoms. The van der Waals surface area contributed by atoms with Crippen LogP contribution in [0.5, 0.6) is 0 Å². The standard InChI is InChI=1S/C14H17NO/c1-14(2,3)15-12(9-10-13(15)16)11-7-5-4-6-8-11/h4-10,12H,1-3H3. The molecule has 2 rings (SSSR count). The number of hydrogen-bond acceptors (Lipinski definition) is 1. The number of rotatable bonds is 1. The Hall–Kier alpha value is -1.57. The minimum Gasteiger partial charge on any atom is -0.324 e. The number of carbonyl (C=O) groups excluding carboxylic acids is 1. The highest BCUT2D eigenvalue weighted by Crippen LogP contribution is 2.33. The number of amides is 1. The first kappa shape index (κ1) is 10.9. The fraction of sp³-hybridized carbons (Fsp3) is 0.357. The van der Waals surface area contributed by atoms with Crippen molar-refractivity contribution in [3.63, 3.8) is 0 Å². The molecule has 1 aliphatic rings. The minimum absolute atomic E-state index is 0.0775. The van der Waals surface area contributed by atoms with Gasteiger partial charge in [-0.2, -0.15) is 0 Å². The molecule has 1 aromatic rings. The molecule has 0 saturated heterocycles. The molecule has 1 unspecified atom stereocenters. The van der Waals surface area contributed by atoms with E-state index in [1.807, 2.05) is 29.2 Å². The number of carbonyl (C=O) groups is 1. The van der Waals surface area contributed by atoms with Crippen molar-refractivity contribution in [2.24, 2.45) is 0 Å². The summed E-state index contributed by atoms with van der Waals surface area (Å²) in [5, 5.41) is 0. The summed E-state index contributed by atoms with van der Waals surface area (Å²) in [6, 6.07) is 10.2. The van der Waals surface area contributed by atoms with Crippen LogP contribution in [0, 0.1) is 0 Å². The van der Waals surface area contributed by atoms with Gasteiger partial charge in [-0.3, -0.25) is 4.79 Å². The van der Waals surface area contributed by atoms with Crippen LogP contribution in [0.2, 0.25) is 0 Å². The summed E-state index contributed by atoms with van der Waals surface area (Å²) in [5.74, 6) is 0.0985. The van der Waals surface area contributed by atoms with Crippen molar-refractivity contribution in [2.45, 2.75) is 32.4 Å². The molecule has 1 aliphatic heterocycles. The first-order valence-electron chi connectivity index (χ1n) is 5.56. The van der Waals surface area contributed by atoms with Gasteiger partial charge in [-0.15, -0.1) is 0 Å². The van der Waals surface area contributed by atoms with Gasteiger partial charge in [0.15, 0.2) is 0 Å². The van der Waals surface area contributed by atoms with E-state index in [0.29, 0.717) is 0 Å². The van der Waals surface area contributed by atoms with Crippen molar-refractivity contribution >= 4 is 5.91 Å². The van der Waals surface area contributed by atoms with Gasteiger partial charge in [0.05, 0.1) is 6.04 Å². The van der Waals surface area contributed by atoms with Gasteiger partial charge >= 0.3 is 0 Å². The van der Waals surface area contributed by atoms with Gasteiger partial charge in [-0.05, 0) is 26.3 Å².